The molecule has 0 atom stereocenters. The van der Waals surface area contributed by atoms with Crippen LogP contribution in [-0.2, 0) is 12.8 Å². The van der Waals surface area contributed by atoms with E-state index in [-0.39, 0.29) is 0 Å². The van der Waals surface area contributed by atoms with Crippen LogP contribution in [0.1, 0.15) is 24.1 Å². The van der Waals surface area contributed by atoms with Crippen molar-refractivity contribution in [3.8, 4) is 0 Å². The Labute approximate surface area is 114 Å². The van der Waals surface area contributed by atoms with Crippen LogP contribution in [0.2, 0.25) is 0 Å². The van der Waals surface area contributed by atoms with E-state index in [1.165, 1.54) is 24.1 Å². The Morgan fingerprint density at radius 3 is 2.89 bits per heavy atom. The van der Waals surface area contributed by atoms with E-state index in [2.05, 4.69) is 25.5 Å². The highest BCUT2D eigenvalue weighted by molar-refractivity contribution is 5.46. The first-order valence-corrected chi connectivity index (χ1v) is 7.43. The maximum Gasteiger partial charge on any atom is 0.132 e. The summed E-state index contributed by atoms with van der Waals surface area (Å²) in [6.45, 7) is 6.61. The van der Waals surface area contributed by atoms with Crippen LogP contribution in [0.4, 0.5) is 5.82 Å². The molecule has 0 radical (unpaired) electrons. The molecule has 1 aromatic heterocycles. The molecule has 2 heterocycles. The van der Waals surface area contributed by atoms with Crippen molar-refractivity contribution in [2.24, 2.45) is 0 Å². The monoisotopic (exact) mass is 261 g/mol. The van der Waals surface area contributed by atoms with Gasteiger partial charge in [-0.3, -0.25) is 4.90 Å². The maximum absolute atomic E-state index is 4.42. The van der Waals surface area contributed by atoms with E-state index in [0.717, 1.165) is 57.9 Å². The molecule has 3 rings (SSSR count). The number of hydrogen-bond acceptors (Lipinski definition) is 5. The van der Waals surface area contributed by atoms with Gasteiger partial charge >= 0.3 is 0 Å². The Morgan fingerprint density at radius 2 is 2.00 bits per heavy atom. The standard InChI is InChI=1S/C14H23N5/c1-2-4-13-12(3-1)14(18-11-17-13)16-7-10-19-8-5-15-6-9-19/h11,15H,1-10H2,(H,16,17,18). The van der Waals surface area contributed by atoms with Gasteiger partial charge in [-0.1, -0.05) is 0 Å². The van der Waals surface area contributed by atoms with Crippen molar-refractivity contribution in [3.05, 3.63) is 17.6 Å². The second-order valence-electron chi connectivity index (χ2n) is 5.37. The van der Waals surface area contributed by atoms with Crippen LogP contribution in [0.25, 0.3) is 0 Å². The fraction of sp³-hybridized carbons (Fsp3) is 0.714. The van der Waals surface area contributed by atoms with Crippen LogP contribution >= 0.6 is 0 Å². The normalized spacial score (nSPS) is 20.0. The first-order chi connectivity index (χ1) is 9.43. The highest BCUT2D eigenvalue weighted by atomic mass is 15.2. The third-order valence-electron chi connectivity index (χ3n) is 4.06. The average molecular weight is 261 g/mol. The Balaban J connectivity index is 1.54. The van der Waals surface area contributed by atoms with Gasteiger partial charge in [0.15, 0.2) is 0 Å². The highest BCUT2D eigenvalue weighted by Crippen LogP contribution is 2.24. The highest BCUT2D eigenvalue weighted by Gasteiger charge is 2.15. The van der Waals surface area contributed by atoms with Gasteiger partial charge in [-0.15, -0.1) is 0 Å². The van der Waals surface area contributed by atoms with Crippen molar-refractivity contribution in [2.75, 3.05) is 44.6 Å². The summed E-state index contributed by atoms with van der Waals surface area (Å²) < 4.78 is 0. The van der Waals surface area contributed by atoms with Crippen LogP contribution in [0.5, 0.6) is 0 Å². The molecule has 0 unspecified atom stereocenters. The molecular weight excluding hydrogens is 238 g/mol. The zero-order chi connectivity index (χ0) is 12.9. The van der Waals surface area contributed by atoms with Crippen molar-refractivity contribution in [1.82, 2.24) is 20.2 Å². The largest absolute Gasteiger partial charge is 0.368 e. The molecule has 104 valence electrons. The van der Waals surface area contributed by atoms with Gasteiger partial charge in [0.05, 0.1) is 0 Å². The summed E-state index contributed by atoms with van der Waals surface area (Å²) in [5.74, 6) is 1.07. The SMILES string of the molecule is c1nc2c(c(NCCN3CCNCC3)n1)CCCC2. The topological polar surface area (TPSA) is 53.1 Å². The summed E-state index contributed by atoms with van der Waals surface area (Å²) in [6, 6.07) is 0. The molecule has 5 nitrogen and oxygen atoms in total. The summed E-state index contributed by atoms with van der Waals surface area (Å²) in [5.41, 5.74) is 2.61. The minimum absolute atomic E-state index is 0.976. The number of nitrogens with zero attached hydrogens (tertiary/aromatic N) is 3. The van der Waals surface area contributed by atoms with Crippen molar-refractivity contribution >= 4 is 5.82 Å². The van der Waals surface area contributed by atoms with E-state index in [1.54, 1.807) is 6.33 Å². The maximum atomic E-state index is 4.42. The summed E-state index contributed by atoms with van der Waals surface area (Å²) in [4.78, 5) is 11.3. The Hall–Kier alpha value is -1.20. The third kappa shape index (κ3) is 3.22. The van der Waals surface area contributed by atoms with Crippen molar-refractivity contribution in [1.29, 1.82) is 0 Å². The van der Waals surface area contributed by atoms with Crippen molar-refractivity contribution in [3.63, 3.8) is 0 Å². The van der Waals surface area contributed by atoms with Gasteiger partial charge in [0, 0.05) is 50.5 Å². The van der Waals surface area contributed by atoms with E-state index in [0.29, 0.717) is 0 Å². The minimum atomic E-state index is 0.976. The molecule has 1 saturated heterocycles. The number of fused-ring (bicyclic) bond motifs is 1. The molecule has 1 fully saturated rings. The Kier molecular flexibility index (Phi) is 4.25. The van der Waals surface area contributed by atoms with Gasteiger partial charge in [0.2, 0.25) is 0 Å². The molecule has 19 heavy (non-hydrogen) atoms. The number of rotatable bonds is 4. The predicted molar refractivity (Wildman–Crippen MR) is 76.5 cm³/mol. The lowest BCUT2D eigenvalue weighted by atomic mass is 9.96. The first kappa shape index (κ1) is 12.8. The number of hydrogen-bond donors (Lipinski definition) is 2. The van der Waals surface area contributed by atoms with E-state index in [1.807, 2.05) is 0 Å². The fourth-order valence-corrected chi connectivity index (χ4v) is 2.94. The summed E-state index contributed by atoms with van der Waals surface area (Å²) in [7, 11) is 0. The molecule has 1 aromatic rings. The molecular formula is C14H23N5. The van der Waals surface area contributed by atoms with Gasteiger partial charge in [-0.05, 0) is 25.7 Å². The molecule has 0 bridgehead atoms. The van der Waals surface area contributed by atoms with Gasteiger partial charge < -0.3 is 10.6 Å². The lowest BCUT2D eigenvalue weighted by molar-refractivity contribution is 0.249. The smallest absolute Gasteiger partial charge is 0.132 e. The zero-order valence-electron chi connectivity index (χ0n) is 11.5. The van der Waals surface area contributed by atoms with E-state index in [9.17, 15) is 0 Å². The molecule has 0 amide bonds. The van der Waals surface area contributed by atoms with Gasteiger partial charge in [-0.25, -0.2) is 9.97 Å². The molecule has 1 aliphatic carbocycles. The average Bonchev–Trinajstić information content (AvgIpc) is 2.49. The van der Waals surface area contributed by atoms with Crippen molar-refractivity contribution < 1.29 is 0 Å². The molecule has 5 heteroatoms. The number of nitrogens with one attached hydrogen (secondary N) is 2. The lowest BCUT2D eigenvalue weighted by Crippen LogP contribution is -2.45. The first-order valence-electron chi connectivity index (χ1n) is 7.43. The van der Waals surface area contributed by atoms with Crippen molar-refractivity contribution in [2.45, 2.75) is 25.7 Å². The number of aromatic nitrogens is 2. The molecule has 0 saturated carbocycles. The summed E-state index contributed by atoms with van der Waals surface area (Å²) in [6.07, 6.45) is 6.49. The quantitative estimate of drug-likeness (QED) is 0.834. The number of piperazine rings is 1. The van der Waals surface area contributed by atoms with E-state index >= 15 is 0 Å². The van der Waals surface area contributed by atoms with Crippen LogP contribution < -0.4 is 10.6 Å². The van der Waals surface area contributed by atoms with Crippen LogP contribution in [-0.4, -0.2) is 54.1 Å². The molecule has 0 spiro atoms. The lowest BCUT2D eigenvalue weighted by Gasteiger charge is -2.27. The molecule has 1 aliphatic heterocycles. The number of aryl methyl sites for hydroxylation is 1. The third-order valence-corrected chi connectivity index (χ3v) is 4.06. The fourth-order valence-electron chi connectivity index (χ4n) is 2.94. The van der Waals surface area contributed by atoms with E-state index < -0.39 is 0 Å². The van der Waals surface area contributed by atoms with E-state index in [4.69, 9.17) is 0 Å². The Morgan fingerprint density at radius 1 is 1.16 bits per heavy atom. The molecule has 2 aliphatic rings. The summed E-state index contributed by atoms with van der Waals surface area (Å²) >= 11 is 0. The predicted octanol–water partition coefficient (Wildman–Crippen LogP) is 0.672. The second-order valence-corrected chi connectivity index (χ2v) is 5.37. The van der Waals surface area contributed by atoms with Crippen LogP contribution in [0, 0.1) is 0 Å². The molecule has 0 aromatic carbocycles. The summed E-state index contributed by atoms with van der Waals surface area (Å²) in [5, 5.41) is 6.89. The van der Waals surface area contributed by atoms with Gasteiger partial charge in [0.1, 0.15) is 12.1 Å². The number of anilines is 1. The van der Waals surface area contributed by atoms with Crippen LogP contribution in [0.15, 0.2) is 6.33 Å². The van der Waals surface area contributed by atoms with Crippen LogP contribution in [0.3, 0.4) is 0 Å². The molecule has 2 N–H and O–H groups in total. The Bertz CT molecular complexity index is 414. The van der Waals surface area contributed by atoms with Gasteiger partial charge in [0.25, 0.3) is 0 Å². The second kappa shape index (κ2) is 6.30. The minimum Gasteiger partial charge on any atom is -0.368 e. The van der Waals surface area contributed by atoms with Gasteiger partial charge in [-0.2, -0.15) is 0 Å². The zero-order valence-corrected chi connectivity index (χ0v) is 11.5.